The lowest BCUT2D eigenvalue weighted by Crippen LogP contribution is -2.27. The van der Waals surface area contributed by atoms with Crippen molar-refractivity contribution in [1.82, 2.24) is 5.32 Å². The van der Waals surface area contributed by atoms with E-state index in [0.29, 0.717) is 6.54 Å². The minimum Gasteiger partial charge on any atom is -0.326 e. The normalized spacial score (nSPS) is 23.4. The molecule has 1 aliphatic rings. The SMILES string of the molecule is C[C@@H]1CNC[C@H]1C(=O)Nc1cccc(C(F)(F)F)c1. The highest BCUT2D eigenvalue weighted by molar-refractivity contribution is 5.93. The Morgan fingerprint density at radius 3 is 2.68 bits per heavy atom. The molecule has 0 bridgehead atoms. The third kappa shape index (κ3) is 3.26. The summed E-state index contributed by atoms with van der Waals surface area (Å²) in [7, 11) is 0. The largest absolute Gasteiger partial charge is 0.416 e. The first-order valence-corrected chi connectivity index (χ1v) is 6.07. The van der Waals surface area contributed by atoms with Gasteiger partial charge in [0.2, 0.25) is 5.91 Å². The number of nitrogens with one attached hydrogen (secondary N) is 2. The van der Waals surface area contributed by atoms with E-state index in [9.17, 15) is 18.0 Å². The van der Waals surface area contributed by atoms with Gasteiger partial charge in [-0.2, -0.15) is 13.2 Å². The lowest BCUT2D eigenvalue weighted by molar-refractivity contribution is -0.137. The van der Waals surface area contributed by atoms with Crippen LogP contribution in [0.5, 0.6) is 0 Å². The molecule has 1 heterocycles. The summed E-state index contributed by atoms with van der Waals surface area (Å²) in [6, 6.07) is 4.68. The fraction of sp³-hybridized carbons (Fsp3) is 0.462. The summed E-state index contributed by atoms with van der Waals surface area (Å²) >= 11 is 0. The molecule has 3 nitrogen and oxygen atoms in total. The van der Waals surface area contributed by atoms with Crippen LogP contribution in [0, 0.1) is 11.8 Å². The highest BCUT2D eigenvalue weighted by Gasteiger charge is 2.32. The number of benzene rings is 1. The second-order valence-electron chi connectivity index (χ2n) is 4.81. The van der Waals surface area contributed by atoms with E-state index in [2.05, 4.69) is 10.6 Å². The monoisotopic (exact) mass is 272 g/mol. The number of alkyl halides is 3. The van der Waals surface area contributed by atoms with Crippen LogP contribution < -0.4 is 10.6 Å². The number of hydrogen-bond donors (Lipinski definition) is 2. The number of amides is 1. The zero-order valence-corrected chi connectivity index (χ0v) is 10.4. The van der Waals surface area contributed by atoms with Crippen LogP contribution in [-0.2, 0) is 11.0 Å². The Labute approximate surface area is 109 Å². The Morgan fingerprint density at radius 1 is 1.37 bits per heavy atom. The first kappa shape index (κ1) is 13.9. The summed E-state index contributed by atoms with van der Waals surface area (Å²) in [5, 5.41) is 5.63. The molecule has 1 saturated heterocycles. The average Bonchev–Trinajstić information content (AvgIpc) is 2.75. The van der Waals surface area contributed by atoms with Gasteiger partial charge in [-0.25, -0.2) is 0 Å². The summed E-state index contributed by atoms with van der Waals surface area (Å²) in [6.07, 6.45) is -4.40. The third-order valence-corrected chi connectivity index (χ3v) is 3.31. The maximum Gasteiger partial charge on any atom is 0.416 e. The second kappa shape index (κ2) is 5.21. The maximum atomic E-state index is 12.5. The molecule has 104 valence electrons. The van der Waals surface area contributed by atoms with E-state index >= 15 is 0 Å². The molecule has 0 aromatic heterocycles. The van der Waals surface area contributed by atoms with Crippen LogP contribution in [0.1, 0.15) is 12.5 Å². The van der Waals surface area contributed by atoms with Gasteiger partial charge in [0, 0.05) is 12.2 Å². The van der Waals surface area contributed by atoms with Gasteiger partial charge in [-0.1, -0.05) is 13.0 Å². The van der Waals surface area contributed by atoms with Crippen LogP contribution in [0.2, 0.25) is 0 Å². The minimum atomic E-state index is -4.40. The molecule has 6 heteroatoms. The molecule has 1 amide bonds. The predicted octanol–water partition coefficient (Wildman–Crippen LogP) is 2.50. The zero-order chi connectivity index (χ0) is 14.0. The van der Waals surface area contributed by atoms with E-state index in [1.54, 1.807) is 0 Å². The van der Waals surface area contributed by atoms with Gasteiger partial charge in [-0.3, -0.25) is 4.79 Å². The Hall–Kier alpha value is -1.56. The number of carbonyl (C=O) groups is 1. The summed E-state index contributed by atoms with van der Waals surface area (Å²) < 4.78 is 37.6. The molecule has 2 atom stereocenters. The summed E-state index contributed by atoms with van der Waals surface area (Å²) in [5.41, 5.74) is -0.582. The van der Waals surface area contributed by atoms with Crippen molar-refractivity contribution in [3.63, 3.8) is 0 Å². The quantitative estimate of drug-likeness (QED) is 0.868. The number of hydrogen-bond acceptors (Lipinski definition) is 2. The van der Waals surface area contributed by atoms with Crippen molar-refractivity contribution < 1.29 is 18.0 Å². The third-order valence-electron chi connectivity index (χ3n) is 3.31. The van der Waals surface area contributed by atoms with E-state index in [-0.39, 0.29) is 23.4 Å². The van der Waals surface area contributed by atoms with Crippen LogP contribution in [-0.4, -0.2) is 19.0 Å². The predicted molar refractivity (Wildman–Crippen MR) is 65.6 cm³/mol. The van der Waals surface area contributed by atoms with Crippen LogP contribution in [0.3, 0.4) is 0 Å². The summed E-state index contributed by atoms with van der Waals surface area (Å²) in [4.78, 5) is 12.0. The lowest BCUT2D eigenvalue weighted by Gasteiger charge is -2.15. The molecule has 0 spiro atoms. The average molecular weight is 272 g/mol. The van der Waals surface area contributed by atoms with Crippen LogP contribution in [0.15, 0.2) is 24.3 Å². The zero-order valence-electron chi connectivity index (χ0n) is 10.4. The Morgan fingerprint density at radius 2 is 2.11 bits per heavy atom. The number of carbonyl (C=O) groups excluding carboxylic acids is 1. The molecule has 0 aliphatic carbocycles. The standard InChI is InChI=1S/C13H15F3N2O/c1-8-6-17-7-11(8)12(19)18-10-4-2-3-9(5-10)13(14,15)16/h2-5,8,11,17H,6-7H2,1H3,(H,18,19)/t8-,11-/m1/s1. The summed E-state index contributed by atoms with van der Waals surface area (Å²) in [6.45, 7) is 3.25. The number of halogens is 3. The van der Waals surface area contributed by atoms with Crippen molar-refractivity contribution in [2.45, 2.75) is 13.1 Å². The molecule has 0 saturated carbocycles. The molecule has 1 aliphatic heterocycles. The molecule has 1 aromatic rings. The van der Waals surface area contributed by atoms with Crippen LogP contribution >= 0.6 is 0 Å². The highest BCUT2D eigenvalue weighted by atomic mass is 19.4. The first-order valence-electron chi connectivity index (χ1n) is 6.07. The minimum absolute atomic E-state index is 0.180. The van der Waals surface area contributed by atoms with Gasteiger partial charge in [0.05, 0.1) is 11.5 Å². The Kier molecular flexibility index (Phi) is 3.80. The Bertz CT molecular complexity index is 473. The topological polar surface area (TPSA) is 41.1 Å². The van der Waals surface area contributed by atoms with Crippen molar-refractivity contribution in [3.05, 3.63) is 29.8 Å². The van der Waals surface area contributed by atoms with Gasteiger partial charge in [-0.15, -0.1) is 0 Å². The first-order chi connectivity index (χ1) is 8.88. The molecular formula is C13H15F3N2O. The fourth-order valence-electron chi connectivity index (χ4n) is 2.17. The smallest absolute Gasteiger partial charge is 0.326 e. The van der Waals surface area contributed by atoms with Gasteiger partial charge in [-0.05, 0) is 30.7 Å². The molecule has 2 N–H and O–H groups in total. The summed E-state index contributed by atoms with van der Waals surface area (Å²) in [5.74, 6) is -0.253. The maximum absolute atomic E-state index is 12.5. The molecule has 1 aromatic carbocycles. The fourth-order valence-corrected chi connectivity index (χ4v) is 2.17. The molecular weight excluding hydrogens is 257 g/mol. The van der Waals surface area contributed by atoms with E-state index in [4.69, 9.17) is 0 Å². The van der Waals surface area contributed by atoms with Crippen molar-refractivity contribution in [2.75, 3.05) is 18.4 Å². The van der Waals surface area contributed by atoms with E-state index in [1.807, 2.05) is 6.92 Å². The van der Waals surface area contributed by atoms with Gasteiger partial charge >= 0.3 is 6.18 Å². The number of rotatable bonds is 2. The molecule has 19 heavy (non-hydrogen) atoms. The molecule has 0 unspecified atom stereocenters. The van der Waals surface area contributed by atoms with E-state index in [0.717, 1.165) is 18.7 Å². The second-order valence-corrected chi connectivity index (χ2v) is 4.81. The van der Waals surface area contributed by atoms with Crippen molar-refractivity contribution in [2.24, 2.45) is 11.8 Å². The van der Waals surface area contributed by atoms with Gasteiger partial charge in [0.1, 0.15) is 0 Å². The Balaban J connectivity index is 2.09. The van der Waals surface area contributed by atoms with Gasteiger partial charge in [0.25, 0.3) is 0 Å². The highest BCUT2D eigenvalue weighted by Crippen LogP contribution is 2.31. The number of anilines is 1. The van der Waals surface area contributed by atoms with Crippen LogP contribution in [0.25, 0.3) is 0 Å². The van der Waals surface area contributed by atoms with Gasteiger partial charge in [0.15, 0.2) is 0 Å². The lowest BCUT2D eigenvalue weighted by atomic mass is 9.97. The molecule has 2 rings (SSSR count). The van der Waals surface area contributed by atoms with Crippen molar-refractivity contribution in [3.8, 4) is 0 Å². The van der Waals surface area contributed by atoms with E-state index < -0.39 is 11.7 Å². The van der Waals surface area contributed by atoms with Crippen molar-refractivity contribution >= 4 is 11.6 Å². The molecule has 0 radical (unpaired) electrons. The molecule has 1 fully saturated rings. The van der Waals surface area contributed by atoms with Gasteiger partial charge < -0.3 is 10.6 Å². The van der Waals surface area contributed by atoms with E-state index in [1.165, 1.54) is 12.1 Å². The van der Waals surface area contributed by atoms with Crippen molar-refractivity contribution in [1.29, 1.82) is 0 Å². The van der Waals surface area contributed by atoms with Crippen LogP contribution in [0.4, 0.5) is 18.9 Å².